The average Bonchev–Trinajstić information content (AvgIpc) is 2.42. The van der Waals surface area contributed by atoms with E-state index in [2.05, 4.69) is 15.9 Å². The van der Waals surface area contributed by atoms with E-state index in [4.69, 9.17) is 16.3 Å². The van der Waals surface area contributed by atoms with Crippen LogP contribution in [0.5, 0.6) is 0 Å². The topological polar surface area (TPSA) is 29.5 Å². The third-order valence-corrected chi connectivity index (χ3v) is 4.58. The van der Waals surface area contributed by atoms with Crippen LogP contribution in [-0.2, 0) is 4.74 Å². The minimum Gasteiger partial charge on any atom is -0.376 e. The Morgan fingerprint density at radius 1 is 1.53 bits per heavy atom. The highest BCUT2D eigenvalue weighted by molar-refractivity contribution is 9.10. The average molecular weight is 347 g/mol. The molecule has 0 radical (unpaired) electrons. The summed E-state index contributed by atoms with van der Waals surface area (Å²) < 4.78 is 6.39. The number of ether oxygens (including phenoxy) is 1. The number of nitrogens with zero attached hydrogens (tertiary/aromatic N) is 1. The second-order valence-corrected chi connectivity index (χ2v) is 6.01. The molecular formula is C14H17BrClNO2. The lowest BCUT2D eigenvalue weighted by Crippen LogP contribution is -2.37. The molecule has 1 saturated heterocycles. The van der Waals surface area contributed by atoms with Gasteiger partial charge in [-0.1, -0.05) is 17.7 Å². The Morgan fingerprint density at radius 2 is 2.32 bits per heavy atom. The minimum absolute atomic E-state index is 0.0690. The molecule has 1 aliphatic rings. The molecule has 1 heterocycles. The second kappa shape index (κ2) is 6.73. The van der Waals surface area contributed by atoms with Gasteiger partial charge < -0.3 is 9.64 Å². The van der Waals surface area contributed by atoms with Gasteiger partial charge in [0.2, 0.25) is 0 Å². The van der Waals surface area contributed by atoms with Crippen LogP contribution in [0.3, 0.4) is 0 Å². The summed E-state index contributed by atoms with van der Waals surface area (Å²) >= 11 is 9.48. The zero-order chi connectivity index (χ0) is 13.8. The van der Waals surface area contributed by atoms with E-state index in [0.29, 0.717) is 17.1 Å². The van der Waals surface area contributed by atoms with Gasteiger partial charge in [-0.3, -0.25) is 4.79 Å². The predicted octanol–water partition coefficient (Wildman–Crippen LogP) is 3.74. The molecule has 1 amide bonds. The zero-order valence-electron chi connectivity index (χ0n) is 10.9. The largest absolute Gasteiger partial charge is 0.376 e. The molecular weight excluding hydrogens is 330 g/mol. The van der Waals surface area contributed by atoms with Crippen molar-refractivity contribution >= 4 is 33.4 Å². The first-order valence-corrected chi connectivity index (χ1v) is 7.57. The fourth-order valence-corrected chi connectivity index (χ4v) is 2.79. The molecule has 1 fully saturated rings. The highest BCUT2D eigenvalue weighted by Gasteiger charge is 2.21. The second-order valence-electron chi connectivity index (χ2n) is 4.78. The van der Waals surface area contributed by atoms with Crippen LogP contribution in [0.2, 0.25) is 5.02 Å². The summed E-state index contributed by atoms with van der Waals surface area (Å²) in [6.07, 6.45) is 3.45. The standard InChI is InChI=1S/C14H17BrClNO2/c1-17(9-10-5-2-3-8-19-10)14(18)11-6-4-7-12(15)13(11)16/h4,6-7,10H,2-3,5,8-9H2,1H3. The van der Waals surface area contributed by atoms with Crippen molar-refractivity contribution in [3.8, 4) is 0 Å². The van der Waals surface area contributed by atoms with Crippen LogP contribution in [0.4, 0.5) is 0 Å². The number of hydrogen-bond donors (Lipinski definition) is 0. The van der Waals surface area contributed by atoms with Gasteiger partial charge in [0.25, 0.3) is 5.91 Å². The van der Waals surface area contributed by atoms with Crippen LogP contribution in [-0.4, -0.2) is 37.1 Å². The first kappa shape index (κ1) is 14.8. The molecule has 1 aromatic carbocycles. The number of amides is 1. The van der Waals surface area contributed by atoms with E-state index in [1.807, 2.05) is 12.1 Å². The van der Waals surface area contributed by atoms with Crippen LogP contribution in [0.25, 0.3) is 0 Å². The number of benzene rings is 1. The number of halogens is 2. The van der Waals surface area contributed by atoms with Crippen molar-refractivity contribution in [1.29, 1.82) is 0 Å². The fourth-order valence-electron chi connectivity index (χ4n) is 2.21. The Balaban J connectivity index is 2.03. The number of hydrogen-bond acceptors (Lipinski definition) is 2. The third-order valence-electron chi connectivity index (χ3n) is 3.28. The van der Waals surface area contributed by atoms with Gasteiger partial charge in [0, 0.05) is 24.7 Å². The highest BCUT2D eigenvalue weighted by Crippen LogP contribution is 2.27. The van der Waals surface area contributed by atoms with Crippen LogP contribution < -0.4 is 0 Å². The van der Waals surface area contributed by atoms with E-state index in [9.17, 15) is 4.79 Å². The van der Waals surface area contributed by atoms with Crippen LogP contribution >= 0.6 is 27.5 Å². The van der Waals surface area contributed by atoms with Crippen molar-refractivity contribution in [2.24, 2.45) is 0 Å². The molecule has 0 aliphatic carbocycles. The molecule has 5 heteroatoms. The SMILES string of the molecule is CN(CC1CCCCO1)C(=O)c1cccc(Br)c1Cl. The van der Waals surface area contributed by atoms with E-state index in [1.54, 1.807) is 18.0 Å². The summed E-state index contributed by atoms with van der Waals surface area (Å²) in [5, 5.41) is 0.462. The molecule has 3 nitrogen and oxygen atoms in total. The Morgan fingerprint density at radius 3 is 3.00 bits per heavy atom. The lowest BCUT2D eigenvalue weighted by molar-refractivity contribution is -0.000186. The molecule has 0 N–H and O–H groups in total. The Labute approximate surface area is 127 Å². The Bertz CT molecular complexity index is 461. The van der Waals surface area contributed by atoms with Gasteiger partial charge in [0.05, 0.1) is 16.7 Å². The third kappa shape index (κ3) is 3.71. The van der Waals surface area contributed by atoms with E-state index in [1.165, 1.54) is 6.42 Å². The summed E-state index contributed by atoms with van der Waals surface area (Å²) in [4.78, 5) is 14.0. The molecule has 0 aromatic heterocycles. The molecule has 0 saturated carbocycles. The number of carbonyl (C=O) groups is 1. The number of likely N-dealkylation sites (N-methyl/N-ethyl adjacent to an activating group) is 1. The maximum absolute atomic E-state index is 12.4. The Hall–Kier alpha value is -0.580. The van der Waals surface area contributed by atoms with E-state index in [0.717, 1.165) is 23.9 Å². The van der Waals surface area contributed by atoms with Crippen molar-refractivity contribution in [2.75, 3.05) is 20.2 Å². The molecule has 104 valence electrons. The van der Waals surface area contributed by atoms with E-state index < -0.39 is 0 Å². The van der Waals surface area contributed by atoms with Crippen molar-refractivity contribution in [2.45, 2.75) is 25.4 Å². The fraction of sp³-hybridized carbons (Fsp3) is 0.500. The first-order chi connectivity index (χ1) is 9.09. The minimum atomic E-state index is -0.0690. The van der Waals surface area contributed by atoms with E-state index >= 15 is 0 Å². The quantitative estimate of drug-likeness (QED) is 0.834. The van der Waals surface area contributed by atoms with E-state index in [-0.39, 0.29) is 12.0 Å². The summed E-state index contributed by atoms with van der Waals surface area (Å²) in [6.45, 7) is 1.41. The summed E-state index contributed by atoms with van der Waals surface area (Å²) in [5.74, 6) is -0.0690. The van der Waals surface area contributed by atoms with Crippen molar-refractivity contribution in [1.82, 2.24) is 4.90 Å². The van der Waals surface area contributed by atoms with Crippen LogP contribution in [0, 0.1) is 0 Å². The maximum atomic E-state index is 12.4. The van der Waals surface area contributed by atoms with Crippen molar-refractivity contribution in [3.05, 3.63) is 33.3 Å². The van der Waals surface area contributed by atoms with Gasteiger partial charge in [0.15, 0.2) is 0 Å². The molecule has 19 heavy (non-hydrogen) atoms. The van der Waals surface area contributed by atoms with Crippen LogP contribution in [0.1, 0.15) is 29.6 Å². The maximum Gasteiger partial charge on any atom is 0.255 e. The molecule has 1 aliphatic heterocycles. The molecule has 0 spiro atoms. The molecule has 2 rings (SSSR count). The smallest absolute Gasteiger partial charge is 0.255 e. The van der Waals surface area contributed by atoms with Gasteiger partial charge in [-0.15, -0.1) is 0 Å². The van der Waals surface area contributed by atoms with Gasteiger partial charge in [-0.05, 0) is 47.3 Å². The zero-order valence-corrected chi connectivity index (χ0v) is 13.2. The molecule has 1 unspecified atom stereocenters. The number of rotatable bonds is 3. The van der Waals surface area contributed by atoms with Crippen LogP contribution in [0.15, 0.2) is 22.7 Å². The Kier molecular flexibility index (Phi) is 5.25. The lowest BCUT2D eigenvalue weighted by Gasteiger charge is -2.27. The lowest BCUT2D eigenvalue weighted by atomic mass is 10.1. The summed E-state index contributed by atoms with van der Waals surface area (Å²) in [6, 6.07) is 5.38. The van der Waals surface area contributed by atoms with Crippen molar-refractivity contribution in [3.63, 3.8) is 0 Å². The van der Waals surface area contributed by atoms with Gasteiger partial charge in [-0.2, -0.15) is 0 Å². The predicted molar refractivity (Wildman–Crippen MR) is 79.7 cm³/mol. The molecule has 1 aromatic rings. The van der Waals surface area contributed by atoms with Gasteiger partial charge >= 0.3 is 0 Å². The highest BCUT2D eigenvalue weighted by atomic mass is 79.9. The van der Waals surface area contributed by atoms with Gasteiger partial charge in [0.1, 0.15) is 0 Å². The summed E-state index contributed by atoms with van der Waals surface area (Å²) in [5.41, 5.74) is 0.523. The normalized spacial score (nSPS) is 19.2. The summed E-state index contributed by atoms with van der Waals surface area (Å²) in [7, 11) is 1.79. The number of carbonyl (C=O) groups excluding carboxylic acids is 1. The van der Waals surface area contributed by atoms with Gasteiger partial charge in [-0.25, -0.2) is 0 Å². The first-order valence-electron chi connectivity index (χ1n) is 6.40. The molecule has 1 atom stereocenters. The van der Waals surface area contributed by atoms with Crippen molar-refractivity contribution < 1.29 is 9.53 Å². The monoisotopic (exact) mass is 345 g/mol. The molecule has 0 bridgehead atoms.